The zero-order valence-electron chi connectivity index (χ0n) is 11.6. The molecule has 5 nitrogen and oxygen atoms in total. The van der Waals surface area contributed by atoms with Gasteiger partial charge in [-0.1, -0.05) is 18.2 Å². The molecule has 0 aromatic heterocycles. The summed E-state index contributed by atoms with van der Waals surface area (Å²) in [5, 5.41) is 5.19. The first-order valence-electron chi connectivity index (χ1n) is 7.52. The molecule has 1 aliphatic heterocycles. The van der Waals surface area contributed by atoms with Crippen molar-refractivity contribution < 1.29 is 14.3 Å². The number of fused-ring (bicyclic) bond motifs is 5. The molecule has 1 heterocycles. The van der Waals surface area contributed by atoms with Crippen LogP contribution >= 0.6 is 0 Å². The van der Waals surface area contributed by atoms with E-state index in [1.165, 1.54) is 6.42 Å². The third-order valence-electron chi connectivity index (χ3n) is 5.02. The summed E-state index contributed by atoms with van der Waals surface area (Å²) in [5.41, 5.74) is 0.488. The van der Waals surface area contributed by atoms with Gasteiger partial charge in [0.2, 0.25) is 0 Å². The van der Waals surface area contributed by atoms with E-state index in [4.69, 9.17) is 4.74 Å². The number of nitrogens with one attached hydrogen (secondary N) is 2. The maximum atomic E-state index is 11.8. The lowest BCUT2D eigenvalue weighted by Gasteiger charge is -2.19. The molecule has 2 bridgehead atoms. The van der Waals surface area contributed by atoms with E-state index in [0.29, 0.717) is 42.1 Å². The highest BCUT2D eigenvalue weighted by Gasteiger charge is 2.62. The van der Waals surface area contributed by atoms with E-state index in [2.05, 4.69) is 10.6 Å². The highest BCUT2D eigenvalue weighted by Crippen LogP contribution is 2.58. The lowest BCUT2D eigenvalue weighted by atomic mass is 9.89. The van der Waals surface area contributed by atoms with Gasteiger partial charge in [0.15, 0.2) is 0 Å². The zero-order valence-corrected chi connectivity index (χ0v) is 11.6. The maximum Gasteiger partial charge on any atom is 0.321 e. The van der Waals surface area contributed by atoms with E-state index in [-0.39, 0.29) is 5.91 Å². The molecule has 3 fully saturated rings. The van der Waals surface area contributed by atoms with Gasteiger partial charge in [0.1, 0.15) is 0 Å². The van der Waals surface area contributed by atoms with Crippen molar-refractivity contribution in [1.29, 1.82) is 0 Å². The summed E-state index contributed by atoms with van der Waals surface area (Å²) in [6.07, 6.45) is 3.34. The molecule has 110 valence electrons. The molecule has 2 aliphatic carbocycles. The third-order valence-corrected chi connectivity index (χ3v) is 5.02. The van der Waals surface area contributed by atoms with Crippen molar-refractivity contribution in [3.8, 4) is 0 Å². The summed E-state index contributed by atoms with van der Waals surface area (Å²) in [6.45, 7) is 0.627. The van der Waals surface area contributed by atoms with Crippen molar-refractivity contribution in [3.63, 3.8) is 0 Å². The Morgan fingerprint density at radius 1 is 1.14 bits per heavy atom. The topological polar surface area (TPSA) is 70.7 Å². The average molecular weight is 286 g/mol. The van der Waals surface area contributed by atoms with Crippen molar-refractivity contribution in [2.45, 2.75) is 25.0 Å². The van der Waals surface area contributed by atoms with Crippen LogP contribution in [-0.4, -0.2) is 30.7 Å². The van der Waals surface area contributed by atoms with E-state index < -0.39 is 6.03 Å². The summed E-state index contributed by atoms with van der Waals surface area (Å²) in [5.74, 6) is 1.42. The Morgan fingerprint density at radius 3 is 2.67 bits per heavy atom. The molecule has 2 N–H and O–H groups in total. The van der Waals surface area contributed by atoms with Crippen LogP contribution in [0.1, 0.15) is 23.2 Å². The minimum absolute atomic E-state index is 0.369. The molecule has 1 saturated heterocycles. The first-order valence-corrected chi connectivity index (χ1v) is 7.52. The second-order valence-electron chi connectivity index (χ2n) is 6.25. The molecular weight excluding hydrogens is 268 g/mol. The van der Waals surface area contributed by atoms with Crippen LogP contribution in [0.3, 0.4) is 0 Å². The predicted molar refractivity (Wildman–Crippen MR) is 75.7 cm³/mol. The Balaban J connectivity index is 1.26. The molecule has 0 radical (unpaired) electrons. The van der Waals surface area contributed by atoms with Gasteiger partial charge in [0.05, 0.1) is 12.2 Å². The van der Waals surface area contributed by atoms with Crippen molar-refractivity contribution >= 4 is 11.9 Å². The Kier molecular flexibility index (Phi) is 2.96. The van der Waals surface area contributed by atoms with E-state index >= 15 is 0 Å². The minimum Gasteiger partial charge on any atom is -0.369 e. The Labute approximate surface area is 123 Å². The van der Waals surface area contributed by atoms with Crippen LogP contribution in [0.5, 0.6) is 0 Å². The number of rotatable bonds is 3. The van der Waals surface area contributed by atoms with Crippen LogP contribution in [0.2, 0.25) is 0 Å². The summed E-state index contributed by atoms with van der Waals surface area (Å²) in [4.78, 5) is 23.7. The van der Waals surface area contributed by atoms with E-state index in [0.717, 1.165) is 6.42 Å². The van der Waals surface area contributed by atoms with Gasteiger partial charge in [-0.2, -0.15) is 0 Å². The molecule has 0 spiro atoms. The van der Waals surface area contributed by atoms with Gasteiger partial charge in [-0.05, 0) is 42.7 Å². The zero-order chi connectivity index (χ0) is 14.4. The molecule has 1 aromatic carbocycles. The maximum absolute atomic E-state index is 11.8. The van der Waals surface area contributed by atoms with E-state index in [1.807, 2.05) is 6.07 Å². The highest BCUT2D eigenvalue weighted by atomic mass is 16.6. The SMILES string of the molecule is O=C(NCC1CC2CC1C1OC21)NC(=O)c1ccccc1. The fourth-order valence-electron chi connectivity index (χ4n) is 4.00. The van der Waals surface area contributed by atoms with Gasteiger partial charge >= 0.3 is 6.03 Å². The smallest absolute Gasteiger partial charge is 0.321 e. The molecule has 5 unspecified atom stereocenters. The van der Waals surface area contributed by atoms with Crippen LogP contribution in [0, 0.1) is 17.8 Å². The molecule has 5 heteroatoms. The van der Waals surface area contributed by atoms with Crippen molar-refractivity contribution in [2.75, 3.05) is 6.54 Å². The number of hydrogen-bond acceptors (Lipinski definition) is 3. The molecular formula is C16H18N2O3. The Bertz CT molecular complexity index is 574. The minimum atomic E-state index is -0.417. The Hall–Kier alpha value is -1.88. The first kappa shape index (κ1) is 12.8. The van der Waals surface area contributed by atoms with Crippen LogP contribution in [0.15, 0.2) is 30.3 Å². The van der Waals surface area contributed by atoms with E-state index in [9.17, 15) is 9.59 Å². The number of benzene rings is 1. The van der Waals surface area contributed by atoms with Gasteiger partial charge in [0.25, 0.3) is 5.91 Å². The summed E-state index contributed by atoms with van der Waals surface area (Å²) in [6, 6.07) is 8.33. The quantitative estimate of drug-likeness (QED) is 0.828. The molecule has 5 atom stereocenters. The van der Waals surface area contributed by atoms with Crippen LogP contribution in [0.25, 0.3) is 0 Å². The van der Waals surface area contributed by atoms with Gasteiger partial charge < -0.3 is 10.1 Å². The second-order valence-corrected chi connectivity index (χ2v) is 6.25. The lowest BCUT2D eigenvalue weighted by Crippen LogP contribution is -2.42. The number of urea groups is 1. The van der Waals surface area contributed by atoms with Crippen molar-refractivity contribution in [1.82, 2.24) is 10.6 Å². The molecule has 3 aliphatic rings. The first-order chi connectivity index (χ1) is 10.2. The number of carbonyl (C=O) groups is 2. The fourth-order valence-corrected chi connectivity index (χ4v) is 4.00. The summed E-state index contributed by atoms with van der Waals surface area (Å²) >= 11 is 0. The van der Waals surface area contributed by atoms with Crippen LogP contribution in [-0.2, 0) is 4.74 Å². The standard InChI is InChI=1S/C16H18N2O3/c19-15(9-4-2-1-3-5-9)18-16(20)17-8-11-6-10-7-12(11)14-13(10)21-14/h1-5,10-14H,6-8H2,(H2,17,18,19,20). The summed E-state index contributed by atoms with van der Waals surface area (Å²) in [7, 11) is 0. The number of epoxide rings is 1. The number of ether oxygens (including phenoxy) is 1. The normalized spacial score (nSPS) is 35.1. The third kappa shape index (κ3) is 2.31. The molecule has 2 saturated carbocycles. The fraction of sp³-hybridized carbons (Fsp3) is 0.500. The molecule has 3 amide bonds. The summed E-state index contributed by atoms with van der Waals surface area (Å²) < 4.78 is 5.62. The van der Waals surface area contributed by atoms with Crippen molar-refractivity contribution in [3.05, 3.63) is 35.9 Å². The predicted octanol–water partition coefficient (Wildman–Crippen LogP) is 1.55. The monoisotopic (exact) mass is 286 g/mol. The second kappa shape index (κ2) is 4.84. The Morgan fingerprint density at radius 2 is 1.95 bits per heavy atom. The van der Waals surface area contributed by atoms with Crippen LogP contribution in [0.4, 0.5) is 4.79 Å². The van der Waals surface area contributed by atoms with Crippen molar-refractivity contribution in [2.24, 2.45) is 17.8 Å². The molecule has 1 aromatic rings. The van der Waals surface area contributed by atoms with Crippen LogP contribution < -0.4 is 10.6 Å². The molecule has 4 rings (SSSR count). The number of imide groups is 1. The van der Waals surface area contributed by atoms with Gasteiger partial charge in [-0.25, -0.2) is 4.79 Å². The van der Waals surface area contributed by atoms with Gasteiger partial charge in [0, 0.05) is 12.1 Å². The average Bonchev–Trinajstić information content (AvgIpc) is 3.12. The highest BCUT2D eigenvalue weighted by molar-refractivity contribution is 6.04. The molecule has 21 heavy (non-hydrogen) atoms. The van der Waals surface area contributed by atoms with Gasteiger partial charge in [-0.3, -0.25) is 10.1 Å². The number of carbonyl (C=O) groups excluding carboxylic acids is 2. The number of hydrogen-bond donors (Lipinski definition) is 2. The van der Waals surface area contributed by atoms with Gasteiger partial charge in [-0.15, -0.1) is 0 Å². The lowest BCUT2D eigenvalue weighted by molar-refractivity contribution is 0.0963. The van der Waals surface area contributed by atoms with E-state index in [1.54, 1.807) is 24.3 Å². The largest absolute Gasteiger partial charge is 0.369 e. The number of amides is 3.